The molecular weight excluding hydrogens is 521 g/mol. The molecule has 1 aromatic heterocycles. The standard InChI is InChI=1S/C24H28FN5O7S/c1-15-21(22(31)26-11-12-36-5)27-29(17-8-6-7-16(25)13-17)23(15)37-19-10-9-18(30(32)33)14-20(19)38(34,35)28-24(2,3)4/h6-10,13-14,28H,11-12H2,1-5H3,(H,26,31). The number of carbonyl (C=O) groups excluding carboxylic acids is 1. The average molecular weight is 550 g/mol. The molecule has 0 fully saturated rings. The number of nitro benzene ring substituents is 1. The number of ether oxygens (including phenoxy) is 2. The minimum atomic E-state index is -4.31. The van der Waals surface area contributed by atoms with Gasteiger partial charge in [0.15, 0.2) is 5.69 Å². The van der Waals surface area contributed by atoms with Crippen molar-refractivity contribution in [1.82, 2.24) is 19.8 Å². The number of nitrogens with zero attached hydrogens (tertiary/aromatic N) is 3. The molecule has 2 aromatic carbocycles. The zero-order valence-electron chi connectivity index (χ0n) is 21.4. The van der Waals surface area contributed by atoms with E-state index in [0.717, 1.165) is 28.9 Å². The van der Waals surface area contributed by atoms with Crippen molar-refractivity contribution in [2.45, 2.75) is 38.1 Å². The molecular formula is C24H28FN5O7S. The molecule has 0 saturated heterocycles. The summed E-state index contributed by atoms with van der Waals surface area (Å²) in [5, 5.41) is 18.3. The Morgan fingerprint density at radius 3 is 2.53 bits per heavy atom. The maximum Gasteiger partial charge on any atom is 0.272 e. The highest BCUT2D eigenvalue weighted by atomic mass is 32.2. The van der Waals surface area contributed by atoms with Crippen molar-refractivity contribution >= 4 is 21.6 Å². The molecule has 204 valence electrons. The van der Waals surface area contributed by atoms with Crippen LogP contribution in [0.4, 0.5) is 10.1 Å². The number of non-ortho nitro benzene ring substituents is 1. The number of methoxy groups -OCH3 is 1. The third-order valence-corrected chi connectivity index (χ3v) is 6.78. The first-order chi connectivity index (χ1) is 17.7. The molecule has 0 radical (unpaired) electrons. The molecule has 38 heavy (non-hydrogen) atoms. The fourth-order valence-corrected chi connectivity index (χ4v) is 4.98. The van der Waals surface area contributed by atoms with Crippen molar-refractivity contribution in [2.24, 2.45) is 0 Å². The number of nitrogens with one attached hydrogen (secondary N) is 2. The number of hydrogen-bond acceptors (Lipinski definition) is 8. The van der Waals surface area contributed by atoms with Gasteiger partial charge in [-0.05, 0) is 52.0 Å². The van der Waals surface area contributed by atoms with Crippen LogP contribution in [0.15, 0.2) is 47.4 Å². The van der Waals surface area contributed by atoms with E-state index in [2.05, 4.69) is 15.1 Å². The normalized spacial score (nSPS) is 11.8. The van der Waals surface area contributed by atoms with E-state index in [4.69, 9.17) is 9.47 Å². The molecule has 12 nitrogen and oxygen atoms in total. The molecule has 1 heterocycles. The summed E-state index contributed by atoms with van der Waals surface area (Å²) < 4.78 is 55.0. The van der Waals surface area contributed by atoms with Crippen molar-refractivity contribution in [3.63, 3.8) is 0 Å². The highest BCUT2D eigenvalue weighted by molar-refractivity contribution is 7.89. The van der Waals surface area contributed by atoms with Gasteiger partial charge in [-0.25, -0.2) is 17.5 Å². The first kappa shape index (κ1) is 28.7. The van der Waals surface area contributed by atoms with Crippen LogP contribution in [-0.4, -0.2) is 54.8 Å². The third kappa shape index (κ3) is 6.70. The van der Waals surface area contributed by atoms with Crippen molar-refractivity contribution in [2.75, 3.05) is 20.3 Å². The minimum absolute atomic E-state index is 0.0560. The smallest absolute Gasteiger partial charge is 0.272 e. The quantitative estimate of drug-likeness (QED) is 0.221. The Kier molecular flexibility index (Phi) is 8.49. The van der Waals surface area contributed by atoms with E-state index in [1.807, 2.05) is 0 Å². The number of benzene rings is 2. The first-order valence-electron chi connectivity index (χ1n) is 11.4. The Labute approximate surface area is 219 Å². The number of aromatic nitrogens is 2. The Morgan fingerprint density at radius 2 is 1.92 bits per heavy atom. The molecule has 2 N–H and O–H groups in total. The second-order valence-corrected chi connectivity index (χ2v) is 10.9. The summed E-state index contributed by atoms with van der Waals surface area (Å²) in [6.07, 6.45) is 0. The number of rotatable bonds is 10. The molecule has 0 atom stereocenters. The molecule has 3 aromatic rings. The summed E-state index contributed by atoms with van der Waals surface area (Å²) in [5.41, 5.74) is -1.03. The van der Waals surface area contributed by atoms with E-state index in [0.29, 0.717) is 0 Å². The van der Waals surface area contributed by atoms with Crippen LogP contribution in [0.1, 0.15) is 36.8 Å². The fourth-order valence-electron chi connectivity index (χ4n) is 3.42. The molecule has 0 unspecified atom stereocenters. The number of halogens is 1. The van der Waals surface area contributed by atoms with Gasteiger partial charge in [0.05, 0.1) is 17.2 Å². The third-order valence-electron chi connectivity index (χ3n) is 5.00. The molecule has 0 aliphatic heterocycles. The van der Waals surface area contributed by atoms with Gasteiger partial charge in [0.1, 0.15) is 16.5 Å². The summed E-state index contributed by atoms with van der Waals surface area (Å²) in [4.78, 5) is 23.0. The van der Waals surface area contributed by atoms with Crippen molar-refractivity contribution in [3.05, 3.63) is 69.7 Å². The van der Waals surface area contributed by atoms with E-state index >= 15 is 0 Å². The lowest BCUT2D eigenvalue weighted by Crippen LogP contribution is -2.40. The van der Waals surface area contributed by atoms with Gasteiger partial charge in [0, 0.05) is 36.9 Å². The van der Waals surface area contributed by atoms with Crippen LogP contribution in [0, 0.1) is 22.9 Å². The van der Waals surface area contributed by atoms with Crippen LogP contribution in [0.5, 0.6) is 11.6 Å². The number of carbonyl (C=O) groups is 1. The number of hydrogen-bond donors (Lipinski definition) is 2. The highest BCUT2D eigenvalue weighted by Crippen LogP contribution is 2.36. The maximum absolute atomic E-state index is 14.1. The molecule has 0 spiro atoms. The molecule has 0 saturated carbocycles. The summed E-state index contributed by atoms with van der Waals surface area (Å²) >= 11 is 0. The van der Waals surface area contributed by atoms with Crippen LogP contribution in [-0.2, 0) is 14.8 Å². The summed E-state index contributed by atoms with van der Waals surface area (Å²) in [6.45, 7) is 6.81. The highest BCUT2D eigenvalue weighted by Gasteiger charge is 2.30. The van der Waals surface area contributed by atoms with Gasteiger partial charge in [-0.15, -0.1) is 0 Å². The maximum atomic E-state index is 14.1. The molecule has 1 amide bonds. The fraction of sp³-hybridized carbons (Fsp3) is 0.333. The van der Waals surface area contributed by atoms with Crippen molar-refractivity contribution < 1.29 is 32.0 Å². The molecule has 0 aliphatic carbocycles. The minimum Gasteiger partial charge on any atom is -0.437 e. The van der Waals surface area contributed by atoms with E-state index in [9.17, 15) is 27.7 Å². The summed E-state index contributed by atoms with van der Waals surface area (Å²) in [6, 6.07) is 8.42. The number of nitro groups is 1. The van der Waals surface area contributed by atoms with Gasteiger partial charge in [0.2, 0.25) is 15.9 Å². The average Bonchev–Trinajstić information content (AvgIpc) is 3.13. The Bertz CT molecular complexity index is 1470. The molecule has 0 bridgehead atoms. The van der Waals surface area contributed by atoms with Gasteiger partial charge in [-0.1, -0.05) is 6.07 Å². The second-order valence-electron chi connectivity index (χ2n) is 9.26. The summed E-state index contributed by atoms with van der Waals surface area (Å²) in [7, 11) is -2.83. The molecule has 14 heteroatoms. The second kappa shape index (κ2) is 11.2. The van der Waals surface area contributed by atoms with E-state index < -0.39 is 42.8 Å². The topological polar surface area (TPSA) is 155 Å². The van der Waals surface area contributed by atoms with Crippen LogP contribution < -0.4 is 14.8 Å². The van der Waals surface area contributed by atoms with E-state index in [1.54, 1.807) is 20.8 Å². The van der Waals surface area contributed by atoms with Crippen molar-refractivity contribution in [1.29, 1.82) is 0 Å². The molecule has 3 rings (SSSR count). The van der Waals surface area contributed by atoms with Crippen LogP contribution >= 0.6 is 0 Å². The monoisotopic (exact) mass is 549 g/mol. The predicted molar refractivity (Wildman–Crippen MR) is 136 cm³/mol. The largest absolute Gasteiger partial charge is 0.437 e. The lowest BCUT2D eigenvalue weighted by atomic mass is 10.1. The van der Waals surface area contributed by atoms with Gasteiger partial charge in [0.25, 0.3) is 11.6 Å². The van der Waals surface area contributed by atoms with Crippen LogP contribution in [0.3, 0.4) is 0 Å². The predicted octanol–water partition coefficient (Wildman–Crippen LogP) is 3.47. The first-order valence-corrected chi connectivity index (χ1v) is 12.8. The van der Waals surface area contributed by atoms with Crippen LogP contribution in [0.25, 0.3) is 5.69 Å². The number of sulfonamides is 1. The van der Waals surface area contributed by atoms with Crippen LogP contribution in [0.2, 0.25) is 0 Å². The Morgan fingerprint density at radius 1 is 1.21 bits per heavy atom. The zero-order chi connectivity index (χ0) is 28.3. The van der Waals surface area contributed by atoms with Crippen molar-refractivity contribution in [3.8, 4) is 17.3 Å². The Hall–Kier alpha value is -3.88. The van der Waals surface area contributed by atoms with Gasteiger partial charge in [-0.3, -0.25) is 14.9 Å². The summed E-state index contributed by atoms with van der Waals surface area (Å²) in [5.74, 6) is -1.50. The lowest BCUT2D eigenvalue weighted by Gasteiger charge is -2.21. The number of amides is 1. The van der Waals surface area contributed by atoms with E-state index in [1.165, 1.54) is 32.2 Å². The SMILES string of the molecule is COCCNC(=O)c1nn(-c2cccc(F)c2)c(Oc2ccc([N+](=O)[O-])cc2S(=O)(=O)NC(C)(C)C)c1C. The van der Waals surface area contributed by atoms with Gasteiger partial charge >= 0.3 is 0 Å². The zero-order valence-corrected chi connectivity index (χ0v) is 22.3. The lowest BCUT2D eigenvalue weighted by molar-refractivity contribution is -0.385. The Balaban J connectivity index is 2.19. The van der Waals surface area contributed by atoms with Gasteiger partial charge < -0.3 is 14.8 Å². The van der Waals surface area contributed by atoms with Gasteiger partial charge in [-0.2, -0.15) is 9.78 Å². The molecule has 0 aliphatic rings. The van der Waals surface area contributed by atoms with E-state index in [-0.39, 0.29) is 41.7 Å².